The second-order valence-electron chi connectivity index (χ2n) is 9.13. The predicted molar refractivity (Wildman–Crippen MR) is 157 cm³/mol. The minimum Gasteiger partial charge on any atom is -0.488 e. The van der Waals surface area contributed by atoms with Crippen LogP contribution in [0.3, 0.4) is 0 Å². The molecular formula is C32H25ClF2N2O3S. The molecule has 208 valence electrons. The Labute approximate surface area is 245 Å². The first-order chi connectivity index (χ1) is 19.9. The highest BCUT2D eigenvalue weighted by atomic mass is 35.5. The van der Waals surface area contributed by atoms with Crippen molar-refractivity contribution in [3.63, 3.8) is 0 Å². The quantitative estimate of drug-likeness (QED) is 0.169. The van der Waals surface area contributed by atoms with Gasteiger partial charge in [-0.15, -0.1) is 11.3 Å². The smallest absolute Gasteiger partial charge is 0.387 e. The number of aromatic nitrogens is 1. The molecule has 0 saturated carbocycles. The van der Waals surface area contributed by atoms with Crippen molar-refractivity contribution in [1.29, 1.82) is 0 Å². The average Bonchev–Trinajstić information content (AvgIpc) is 3.47. The zero-order chi connectivity index (χ0) is 28.6. The summed E-state index contributed by atoms with van der Waals surface area (Å²) >= 11 is 7.98. The summed E-state index contributed by atoms with van der Waals surface area (Å²) in [7, 11) is 0. The van der Waals surface area contributed by atoms with Crippen LogP contribution < -0.4 is 14.8 Å². The molecule has 5 rings (SSSR count). The molecule has 0 aliphatic rings. The molecule has 0 atom stereocenters. The van der Waals surface area contributed by atoms with Gasteiger partial charge in [0.1, 0.15) is 18.1 Å². The Hall–Kier alpha value is -4.27. The van der Waals surface area contributed by atoms with Crippen LogP contribution in [0.5, 0.6) is 11.5 Å². The zero-order valence-electron chi connectivity index (χ0n) is 21.7. The number of nitrogens with zero attached hydrogens (tertiary/aromatic N) is 1. The molecule has 2 heterocycles. The summed E-state index contributed by atoms with van der Waals surface area (Å²) in [5, 5.41) is 5.51. The van der Waals surface area contributed by atoms with Crippen molar-refractivity contribution < 1.29 is 23.0 Å². The molecule has 0 fully saturated rings. The number of ether oxygens (including phenoxy) is 2. The van der Waals surface area contributed by atoms with Crippen LogP contribution >= 0.6 is 22.9 Å². The van der Waals surface area contributed by atoms with Gasteiger partial charge in [0.05, 0.1) is 6.42 Å². The summed E-state index contributed by atoms with van der Waals surface area (Å²) in [6.07, 6.45) is 3.68. The first kappa shape index (κ1) is 28.3. The van der Waals surface area contributed by atoms with Gasteiger partial charge in [0.25, 0.3) is 0 Å². The monoisotopic (exact) mass is 590 g/mol. The van der Waals surface area contributed by atoms with E-state index >= 15 is 0 Å². The van der Waals surface area contributed by atoms with Crippen molar-refractivity contribution >= 4 is 28.8 Å². The molecule has 0 spiro atoms. The molecule has 9 heteroatoms. The second-order valence-corrected chi connectivity index (χ2v) is 10.5. The first-order valence-corrected chi connectivity index (χ1v) is 14.0. The Morgan fingerprint density at radius 2 is 1.76 bits per heavy atom. The number of rotatable bonds is 11. The second kappa shape index (κ2) is 13.4. The fraction of sp³-hybridized carbons (Fsp3) is 0.125. The summed E-state index contributed by atoms with van der Waals surface area (Å²) in [5.74, 6) is 0.650. The van der Waals surface area contributed by atoms with Gasteiger partial charge in [-0.1, -0.05) is 48.0 Å². The largest absolute Gasteiger partial charge is 0.488 e. The van der Waals surface area contributed by atoms with Gasteiger partial charge in [0.15, 0.2) is 0 Å². The van der Waals surface area contributed by atoms with E-state index in [0.29, 0.717) is 17.3 Å². The highest BCUT2D eigenvalue weighted by Gasteiger charge is 2.16. The standard InChI is InChI=1S/C32H25ClF2N2O3S/c33-25-8-11-29(39-20-21-6-9-26(10-7-21)40-32(34)35)28(17-25)27-12-14-41-31(27)24-5-1-3-22(15-24)16-30(38)37-19-23-4-2-13-36-18-23/h1-15,17-18,32H,16,19-20H2,(H,37,38). The lowest BCUT2D eigenvalue weighted by Gasteiger charge is -2.14. The van der Waals surface area contributed by atoms with E-state index in [2.05, 4.69) is 15.0 Å². The van der Waals surface area contributed by atoms with Crippen molar-refractivity contribution in [3.05, 3.63) is 124 Å². The summed E-state index contributed by atoms with van der Waals surface area (Å²) in [6, 6.07) is 25.5. The molecule has 2 aromatic heterocycles. The molecule has 0 aliphatic carbocycles. The lowest BCUT2D eigenvalue weighted by atomic mass is 10.00. The molecule has 1 N–H and O–H groups in total. The number of alkyl halides is 2. The Balaban J connectivity index is 1.32. The minimum atomic E-state index is -2.87. The van der Waals surface area contributed by atoms with Gasteiger partial charge in [0.2, 0.25) is 5.91 Å². The van der Waals surface area contributed by atoms with E-state index in [4.69, 9.17) is 16.3 Å². The molecule has 0 saturated heterocycles. The number of amides is 1. The topological polar surface area (TPSA) is 60.5 Å². The van der Waals surface area contributed by atoms with E-state index < -0.39 is 6.61 Å². The summed E-state index contributed by atoms with van der Waals surface area (Å²) in [5.41, 5.74) is 5.39. The summed E-state index contributed by atoms with van der Waals surface area (Å²) < 4.78 is 35.5. The lowest BCUT2D eigenvalue weighted by molar-refractivity contribution is -0.120. The van der Waals surface area contributed by atoms with Gasteiger partial charge in [-0.2, -0.15) is 8.78 Å². The van der Waals surface area contributed by atoms with E-state index in [-0.39, 0.29) is 24.7 Å². The van der Waals surface area contributed by atoms with Gasteiger partial charge in [-0.3, -0.25) is 9.78 Å². The van der Waals surface area contributed by atoms with Crippen LogP contribution in [0.15, 0.2) is 103 Å². The summed E-state index contributed by atoms with van der Waals surface area (Å²) in [4.78, 5) is 17.7. The maximum Gasteiger partial charge on any atom is 0.387 e. The normalized spacial score (nSPS) is 10.9. The Morgan fingerprint density at radius 3 is 2.54 bits per heavy atom. The Morgan fingerprint density at radius 1 is 0.927 bits per heavy atom. The molecule has 5 aromatic rings. The van der Waals surface area contributed by atoms with Crippen molar-refractivity contribution in [2.75, 3.05) is 0 Å². The van der Waals surface area contributed by atoms with Crippen LogP contribution in [0.25, 0.3) is 21.6 Å². The van der Waals surface area contributed by atoms with E-state index in [9.17, 15) is 13.6 Å². The number of hydrogen-bond acceptors (Lipinski definition) is 5. The van der Waals surface area contributed by atoms with Crippen LogP contribution in [0.4, 0.5) is 8.78 Å². The number of carbonyl (C=O) groups is 1. The maximum atomic E-state index is 12.6. The number of halogens is 3. The van der Waals surface area contributed by atoms with Crippen LogP contribution in [0.1, 0.15) is 16.7 Å². The molecule has 1 amide bonds. The van der Waals surface area contributed by atoms with Gasteiger partial charge >= 0.3 is 6.61 Å². The number of carbonyl (C=O) groups excluding carboxylic acids is 1. The SMILES string of the molecule is O=C(Cc1cccc(-c2sccc2-c2cc(Cl)ccc2OCc2ccc(OC(F)F)cc2)c1)NCc1cccnc1. The fourth-order valence-corrected chi connectivity index (χ4v) is 5.37. The average molecular weight is 591 g/mol. The molecule has 5 nitrogen and oxygen atoms in total. The third-order valence-corrected chi connectivity index (χ3v) is 7.40. The fourth-order valence-electron chi connectivity index (χ4n) is 4.29. The predicted octanol–water partition coefficient (Wildman–Crippen LogP) is 8.17. The molecule has 41 heavy (non-hydrogen) atoms. The van der Waals surface area contributed by atoms with Crippen molar-refractivity contribution in [1.82, 2.24) is 10.3 Å². The first-order valence-electron chi connectivity index (χ1n) is 12.7. The molecular weight excluding hydrogens is 566 g/mol. The molecule has 0 aliphatic heterocycles. The van der Waals surface area contributed by atoms with Crippen LogP contribution in [-0.2, 0) is 24.4 Å². The van der Waals surface area contributed by atoms with Gasteiger partial charge in [-0.25, -0.2) is 0 Å². The highest BCUT2D eigenvalue weighted by molar-refractivity contribution is 7.14. The molecule has 3 aromatic carbocycles. The number of benzene rings is 3. The van der Waals surface area contributed by atoms with Gasteiger partial charge in [-0.05, 0) is 76.2 Å². The summed E-state index contributed by atoms with van der Waals surface area (Å²) in [6.45, 7) is -2.22. The van der Waals surface area contributed by atoms with E-state index in [1.807, 2.05) is 60.0 Å². The lowest BCUT2D eigenvalue weighted by Crippen LogP contribution is -2.24. The van der Waals surface area contributed by atoms with Crippen molar-refractivity contribution in [3.8, 4) is 33.1 Å². The van der Waals surface area contributed by atoms with Crippen LogP contribution in [0, 0.1) is 0 Å². The maximum absolute atomic E-state index is 12.6. The van der Waals surface area contributed by atoms with E-state index in [1.165, 1.54) is 12.1 Å². The number of hydrogen-bond donors (Lipinski definition) is 1. The van der Waals surface area contributed by atoms with Gasteiger partial charge in [0, 0.05) is 40.0 Å². The molecule has 0 bridgehead atoms. The zero-order valence-corrected chi connectivity index (χ0v) is 23.3. The van der Waals surface area contributed by atoms with E-state index in [1.54, 1.807) is 41.9 Å². The van der Waals surface area contributed by atoms with E-state index in [0.717, 1.165) is 38.3 Å². The minimum absolute atomic E-state index is 0.0725. The van der Waals surface area contributed by atoms with Crippen LogP contribution in [-0.4, -0.2) is 17.5 Å². The Kier molecular flexibility index (Phi) is 9.23. The van der Waals surface area contributed by atoms with Crippen LogP contribution in [0.2, 0.25) is 5.02 Å². The highest BCUT2D eigenvalue weighted by Crippen LogP contribution is 2.42. The third-order valence-electron chi connectivity index (χ3n) is 6.21. The van der Waals surface area contributed by atoms with Gasteiger partial charge < -0.3 is 14.8 Å². The number of nitrogens with one attached hydrogen (secondary N) is 1. The number of thiophene rings is 1. The molecule has 0 unspecified atom stereocenters. The number of pyridine rings is 1. The Bertz CT molecular complexity index is 1610. The third kappa shape index (κ3) is 7.68. The molecule has 0 radical (unpaired) electrons. The van der Waals surface area contributed by atoms with Crippen molar-refractivity contribution in [2.24, 2.45) is 0 Å². The van der Waals surface area contributed by atoms with Crippen molar-refractivity contribution in [2.45, 2.75) is 26.2 Å².